The van der Waals surface area contributed by atoms with Crippen LogP contribution in [-0.4, -0.2) is 20.7 Å². The lowest BCUT2D eigenvalue weighted by molar-refractivity contribution is 0.591. The first-order chi connectivity index (χ1) is 18.1. The van der Waals surface area contributed by atoms with Crippen LogP contribution in [0.4, 0.5) is 0 Å². The third-order valence-corrected chi connectivity index (χ3v) is 8.75. The minimum absolute atomic E-state index is 0.0223. The molecule has 4 aromatic carbocycles. The summed E-state index contributed by atoms with van der Waals surface area (Å²) in [5.74, 6) is 0. The molecule has 0 N–H and O–H groups in total. The summed E-state index contributed by atoms with van der Waals surface area (Å²) in [4.78, 5) is 14.3. The summed E-state index contributed by atoms with van der Waals surface area (Å²) in [5.41, 5.74) is 10.6. The molecule has 4 nitrogen and oxygen atoms in total. The minimum atomic E-state index is -0.166. The molecule has 0 unspecified atom stereocenters. The first kappa shape index (κ1) is 22.0. The van der Waals surface area contributed by atoms with Crippen molar-refractivity contribution in [2.75, 3.05) is 0 Å². The van der Waals surface area contributed by atoms with E-state index in [0.717, 1.165) is 16.6 Å². The molecule has 0 amide bonds. The lowest BCUT2D eigenvalue weighted by atomic mass is 9.49. The molecule has 186 valence electrons. The van der Waals surface area contributed by atoms with Gasteiger partial charge in [0, 0.05) is 21.9 Å². The van der Waals surface area contributed by atoms with Gasteiger partial charge in [-0.1, -0.05) is 77.9 Å². The van der Waals surface area contributed by atoms with E-state index in [1.165, 1.54) is 49.5 Å². The predicted molar refractivity (Wildman–Crippen MR) is 160 cm³/mol. The molecule has 4 heterocycles. The second-order valence-electron chi connectivity index (χ2n) is 13.1. The van der Waals surface area contributed by atoms with E-state index in [9.17, 15) is 4.79 Å². The van der Waals surface area contributed by atoms with Crippen molar-refractivity contribution in [1.29, 1.82) is 0 Å². The standard InChI is InChI=1S/C33H30BN3O/c1-32(2,3)19-14-15-26-23(16-19)31(38)37-34-24-18-20(33(4,5)6)17-22-21-10-7-8-11-25(21)35(30(22)24)27-12-9-13-28(29(27)34)36(26)37/h7-18H,1-6H3. The molecule has 38 heavy (non-hydrogen) atoms. The first-order valence-electron chi connectivity index (χ1n) is 13.5. The summed E-state index contributed by atoms with van der Waals surface area (Å²) < 4.78 is 6.63. The van der Waals surface area contributed by atoms with Crippen LogP contribution in [0.25, 0.3) is 44.1 Å². The fraction of sp³-hybridized carbons (Fsp3) is 0.242. The Balaban J connectivity index is 1.57. The van der Waals surface area contributed by atoms with Crippen molar-refractivity contribution in [1.82, 2.24) is 13.8 Å². The van der Waals surface area contributed by atoms with Crippen LogP contribution >= 0.6 is 0 Å². The van der Waals surface area contributed by atoms with Gasteiger partial charge in [0.1, 0.15) is 0 Å². The average Bonchev–Trinajstić information content (AvgIpc) is 3.49. The summed E-state index contributed by atoms with van der Waals surface area (Å²) in [6.45, 7) is 13.3. The van der Waals surface area contributed by atoms with Crippen LogP contribution in [0, 0.1) is 0 Å². The third-order valence-electron chi connectivity index (χ3n) is 8.75. The van der Waals surface area contributed by atoms with Gasteiger partial charge in [-0.15, -0.1) is 0 Å². The molecule has 2 aromatic heterocycles. The highest BCUT2D eigenvalue weighted by Crippen LogP contribution is 2.38. The van der Waals surface area contributed by atoms with E-state index in [4.69, 9.17) is 0 Å². The van der Waals surface area contributed by atoms with E-state index < -0.39 is 0 Å². The smallest absolute Gasteiger partial charge is 0.310 e. The van der Waals surface area contributed by atoms with Crippen molar-refractivity contribution >= 4 is 50.5 Å². The molecule has 0 spiro atoms. The monoisotopic (exact) mass is 495 g/mol. The number of nitrogens with zero attached hydrogens (tertiary/aromatic N) is 3. The zero-order valence-corrected chi connectivity index (χ0v) is 22.8. The van der Waals surface area contributed by atoms with E-state index in [2.05, 4.69) is 124 Å². The molecule has 0 bridgehead atoms. The molecule has 0 radical (unpaired) electrons. The lowest BCUT2D eigenvalue weighted by Crippen LogP contribution is -2.54. The van der Waals surface area contributed by atoms with Gasteiger partial charge >= 0.3 is 6.85 Å². The molecular formula is C33H30BN3O. The first-order valence-corrected chi connectivity index (χ1v) is 13.5. The van der Waals surface area contributed by atoms with Gasteiger partial charge in [0.2, 0.25) is 0 Å². The second kappa shape index (κ2) is 6.71. The maximum absolute atomic E-state index is 14.3. The summed E-state index contributed by atoms with van der Waals surface area (Å²) in [6, 6.07) is 26.4. The maximum atomic E-state index is 14.3. The Morgan fingerprint density at radius 3 is 2.13 bits per heavy atom. The quantitative estimate of drug-likeness (QED) is 0.246. The van der Waals surface area contributed by atoms with Crippen molar-refractivity contribution in [2.45, 2.75) is 52.4 Å². The zero-order valence-electron chi connectivity index (χ0n) is 22.8. The number of fused-ring (bicyclic) bond motifs is 10. The van der Waals surface area contributed by atoms with E-state index in [1.807, 2.05) is 4.59 Å². The third kappa shape index (κ3) is 2.54. The van der Waals surface area contributed by atoms with Crippen LogP contribution in [0.1, 0.15) is 52.7 Å². The number of hydrogen-bond donors (Lipinski definition) is 0. The SMILES string of the molecule is CC(C)(C)c1ccc2c(c1)c(=O)n1n2-c2cccc3c2B1c1cc(C(C)(C)C)cc2c4ccccc4n-3c12. The molecule has 0 aliphatic carbocycles. The highest BCUT2D eigenvalue weighted by atomic mass is 16.1. The van der Waals surface area contributed by atoms with Crippen LogP contribution < -0.4 is 16.5 Å². The van der Waals surface area contributed by atoms with E-state index in [0.29, 0.717) is 0 Å². The van der Waals surface area contributed by atoms with Gasteiger partial charge in [-0.25, -0.2) is 0 Å². The van der Waals surface area contributed by atoms with Crippen molar-refractivity contribution in [3.63, 3.8) is 0 Å². The van der Waals surface area contributed by atoms with Crippen molar-refractivity contribution < 1.29 is 0 Å². The van der Waals surface area contributed by atoms with E-state index in [-0.39, 0.29) is 23.2 Å². The number of aromatic nitrogens is 3. The van der Waals surface area contributed by atoms with E-state index in [1.54, 1.807) is 0 Å². The summed E-state index contributed by atoms with van der Waals surface area (Å²) >= 11 is 0. The predicted octanol–water partition coefficient (Wildman–Crippen LogP) is 5.77. The molecule has 6 aromatic rings. The number of para-hydroxylation sites is 1. The fourth-order valence-corrected chi connectivity index (χ4v) is 6.80. The van der Waals surface area contributed by atoms with Gasteiger partial charge in [0.15, 0.2) is 0 Å². The van der Waals surface area contributed by atoms with Crippen LogP contribution in [-0.2, 0) is 10.8 Å². The summed E-state index contributed by atoms with van der Waals surface area (Å²) in [7, 11) is 0. The second-order valence-corrected chi connectivity index (χ2v) is 13.1. The summed E-state index contributed by atoms with van der Waals surface area (Å²) in [5, 5.41) is 3.31. The van der Waals surface area contributed by atoms with Gasteiger partial charge in [0.25, 0.3) is 5.56 Å². The Bertz CT molecular complexity index is 2070. The van der Waals surface area contributed by atoms with Crippen molar-refractivity contribution in [3.8, 4) is 11.4 Å². The minimum Gasteiger partial charge on any atom is -0.310 e. The Labute approximate surface area is 222 Å². The fourth-order valence-electron chi connectivity index (χ4n) is 6.80. The zero-order chi connectivity index (χ0) is 26.3. The topological polar surface area (TPSA) is 31.9 Å². The van der Waals surface area contributed by atoms with Gasteiger partial charge in [-0.05, 0) is 63.8 Å². The van der Waals surface area contributed by atoms with Crippen molar-refractivity contribution in [3.05, 3.63) is 94.3 Å². The summed E-state index contributed by atoms with van der Waals surface area (Å²) in [6.07, 6.45) is 0. The molecule has 5 heteroatoms. The molecule has 0 atom stereocenters. The van der Waals surface area contributed by atoms with Crippen LogP contribution in [0.2, 0.25) is 0 Å². The largest absolute Gasteiger partial charge is 0.357 e. The molecule has 2 aliphatic rings. The molecule has 0 saturated carbocycles. The maximum Gasteiger partial charge on any atom is 0.357 e. The Morgan fingerprint density at radius 1 is 0.658 bits per heavy atom. The van der Waals surface area contributed by atoms with Crippen molar-refractivity contribution in [2.24, 2.45) is 0 Å². The molecule has 0 fully saturated rings. The average molecular weight is 495 g/mol. The molecule has 0 saturated heterocycles. The Morgan fingerprint density at radius 2 is 1.37 bits per heavy atom. The lowest BCUT2D eigenvalue weighted by Gasteiger charge is -2.26. The van der Waals surface area contributed by atoms with Crippen LogP contribution in [0.3, 0.4) is 0 Å². The van der Waals surface area contributed by atoms with Gasteiger partial charge in [-0.2, -0.15) is 0 Å². The van der Waals surface area contributed by atoms with Gasteiger partial charge < -0.3 is 4.57 Å². The normalized spacial score (nSPS) is 14.1. The number of rotatable bonds is 0. The van der Waals surface area contributed by atoms with Gasteiger partial charge in [-0.3, -0.25) is 14.1 Å². The highest BCUT2D eigenvalue weighted by molar-refractivity contribution is 6.88. The number of benzene rings is 4. The Hall–Kier alpha value is -3.99. The number of hydrogen-bond acceptors (Lipinski definition) is 1. The van der Waals surface area contributed by atoms with Gasteiger partial charge in [0.05, 0.1) is 27.6 Å². The van der Waals surface area contributed by atoms with E-state index >= 15 is 0 Å². The molecular weight excluding hydrogens is 465 g/mol. The molecule has 8 rings (SSSR count). The Kier molecular flexibility index (Phi) is 3.89. The highest BCUT2D eigenvalue weighted by Gasteiger charge is 2.44. The van der Waals surface area contributed by atoms with Crippen LogP contribution in [0.15, 0.2) is 77.6 Å². The van der Waals surface area contributed by atoms with Crippen LogP contribution in [0.5, 0.6) is 0 Å². The molecule has 2 aliphatic heterocycles.